The largest absolute Gasteiger partial charge is 0.455 e. The van der Waals surface area contributed by atoms with Crippen LogP contribution in [0.3, 0.4) is 0 Å². The number of carbonyl (C=O) groups is 4. The first-order valence-electron chi connectivity index (χ1n) is 17.7. The minimum absolute atomic E-state index is 0.0139. The van der Waals surface area contributed by atoms with Gasteiger partial charge in [-0.15, -0.1) is 13.2 Å². The summed E-state index contributed by atoms with van der Waals surface area (Å²) < 4.78 is 13.0. The van der Waals surface area contributed by atoms with Crippen molar-refractivity contribution in [3.8, 4) is 0 Å². The summed E-state index contributed by atoms with van der Waals surface area (Å²) in [7, 11) is 0. The first-order valence-corrected chi connectivity index (χ1v) is 19.0. The molecule has 1 unspecified atom stereocenters. The van der Waals surface area contributed by atoms with E-state index in [9.17, 15) is 19.5 Å². The predicted octanol–water partition coefficient (Wildman–Crippen LogP) is 5.58. The summed E-state index contributed by atoms with van der Waals surface area (Å²) in [5.74, 6) is -3.96. The lowest BCUT2D eigenvalue weighted by atomic mass is 9.70. The lowest BCUT2D eigenvalue weighted by molar-refractivity contribution is -0.160. The van der Waals surface area contributed by atoms with Gasteiger partial charge in [0.25, 0.3) is 5.91 Å². The van der Waals surface area contributed by atoms with E-state index in [1.807, 2.05) is 48.5 Å². The van der Waals surface area contributed by atoms with E-state index < -0.39 is 70.9 Å². The van der Waals surface area contributed by atoms with Crippen molar-refractivity contribution in [3.63, 3.8) is 0 Å². The zero-order valence-electron chi connectivity index (χ0n) is 29.2. The molecule has 0 aromatic heterocycles. The van der Waals surface area contributed by atoms with E-state index in [4.69, 9.17) is 21.1 Å². The van der Waals surface area contributed by atoms with Crippen LogP contribution in [0, 0.1) is 11.8 Å². The van der Waals surface area contributed by atoms with Gasteiger partial charge in [-0.3, -0.25) is 19.2 Å². The van der Waals surface area contributed by atoms with Crippen LogP contribution in [0.2, 0.25) is 5.02 Å². The number of hydrogen-bond donors (Lipinski definition) is 2. The highest BCUT2D eigenvalue weighted by atomic mass is 79.9. The van der Waals surface area contributed by atoms with Gasteiger partial charge < -0.3 is 29.7 Å². The maximum absolute atomic E-state index is 15.1. The number of esters is 1. The van der Waals surface area contributed by atoms with Gasteiger partial charge in [0.15, 0.2) is 0 Å². The molecule has 12 heteroatoms. The Morgan fingerprint density at radius 2 is 1.74 bits per heavy atom. The van der Waals surface area contributed by atoms with Crippen LogP contribution in [0.25, 0.3) is 0 Å². The summed E-state index contributed by atoms with van der Waals surface area (Å²) in [5.41, 5.74) is 0.641. The Hall–Kier alpha value is -4.29. The average molecular weight is 805 g/mol. The van der Waals surface area contributed by atoms with Gasteiger partial charge in [0.05, 0.1) is 37.1 Å². The first kappa shape index (κ1) is 38.4. The van der Waals surface area contributed by atoms with Gasteiger partial charge in [0, 0.05) is 28.5 Å². The summed E-state index contributed by atoms with van der Waals surface area (Å²) in [5, 5.41) is 14.2. The Morgan fingerprint density at radius 1 is 1.06 bits per heavy atom. The lowest BCUT2D eigenvalue weighted by Crippen LogP contribution is -2.59. The maximum atomic E-state index is 15.1. The van der Waals surface area contributed by atoms with Crippen LogP contribution in [0.4, 0.5) is 5.69 Å². The topological polar surface area (TPSA) is 125 Å². The summed E-state index contributed by atoms with van der Waals surface area (Å²) in [6.07, 6.45) is 2.87. The smallest absolute Gasteiger partial charge is 0.313 e. The maximum Gasteiger partial charge on any atom is 0.313 e. The third kappa shape index (κ3) is 7.71. The summed E-state index contributed by atoms with van der Waals surface area (Å²) in [6.45, 7) is 7.24. The van der Waals surface area contributed by atoms with Crippen molar-refractivity contribution in [1.82, 2.24) is 10.2 Å². The molecule has 0 aliphatic carbocycles. The van der Waals surface area contributed by atoms with Gasteiger partial charge in [0.1, 0.15) is 17.7 Å². The molecule has 0 radical (unpaired) electrons. The predicted molar refractivity (Wildman–Crippen MR) is 205 cm³/mol. The number of anilines is 1. The number of halogens is 2. The number of fused-ring (bicyclic) bond motifs is 1. The van der Waals surface area contributed by atoms with E-state index in [0.29, 0.717) is 22.7 Å². The molecule has 8 atom stereocenters. The minimum atomic E-state index is -1.42. The second-order valence-corrected chi connectivity index (χ2v) is 15.2. The zero-order chi connectivity index (χ0) is 37.7. The van der Waals surface area contributed by atoms with E-state index in [1.165, 1.54) is 9.80 Å². The fraction of sp³-hybridized carbons (Fsp3) is 0.366. The van der Waals surface area contributed by atoms with Crippen LogP contribution in [-0.4, -0.2) is 82.0 Å². The Kier molecular flexibility index (Phi) is 12.2. The lowest BCUT2D eigenvalue weighted by Gasteiger charge is -2.39. The molecule has 0 saturated carbocycles. The first-order chi connectivity index (χ1) is 25.6. The number of amides is 3. The number of rotatable bonds is 16. The van der Waals surface area contributed by atoms with Crippen LogP contribution in [0.5, 0.6) is 0 Å². The number of nitrogens with one attached hydrogen (secondary N) is 1. The second-order valence-electron chi connectivity index (χ2n) is 13.6. The zero-order valence-corrected chi connectivity index (χ0v) is 31.5. The molecule has 1 spiro atoms. The molecule has 278 valence electrons. The number of aliphatic hydroxyl groups is 1. The molecule has 6 rings (SSSR count). The monoisotopic (exact) mass is 803 g/mol. The molecule has 3 aliphatic rings. The number of nitrogens with zero attached hydrogens (tertiary/aromatic N) is 2. The Bertz CT molecular complexity index is 1810. The standard InChI is InChI=1S/C41H43BrClN3O7/c1-3-5-16-33(48)44-24-32(27-14-10-7-11-15-27)52-40(51)34-35-38(49)46(30(25-47)22-26-12-8-6-9-13-26)37(41(35)23-31(42)36(34)53-41)39(50)45(21-4-2)29-19-17-28(43)18-20-29/h3-4,6-15,17-20,30-32,34-37,47H,1-2,5,16,21-25H2,(H,44,48)/t30-,31?,32-,34-,35+,36-,37-,41+/m1/s1. The molecule has 3 amide bonds. The van der Waals surface area contributed by atoms with Gasteiger partial charge in [-0.1, -0.05) is 100 Å². The van der Waals surface area contributed by atoms with E-state index in [2.05, 4.69) is 34.4 Å². The number of benzene rings is 3. The van der Waals surface area contributed by atoms with Crippen molar-refractivity contribution in [2.75, 3.05) is 24.6 Å². The van der Waals surface area contributed by atoms with Crippen molar-refractivity contribution < 1.29 is 33.8 Å². The van der Waals surface area contributed by atoms with Crippen molar-refractivity contribution in [1.29, 1.82) is 0 Å². The summed E-state index contributed by atoms with van der Waals surface area (Å²) in [4.78, 5) is 59.6. The van der Waals surface area contributed by atoms with Crippen LogP contribution in [-0.2, 0) is 35.1 Å². The Balaban J connectivity index is 1.38. The normalized spacial score (nSPS) is 25.3. The number of allylic oxidation sites excluding steroid dienone is 1. The fourth-order valence-electron chi connectivity index (χ4n) is 8.01. The van der Waals surface area contributed by atoms with Crippen LogP contribution in [0.15, 0.2) is 110 Å². The highest BCUT2D eigenvalue weighted by molar-refractivity contribution is 9.09. The second kappa shape index (κ2) is 16.8. The Labute approximate surface area is 322 Å². The number of ether oxygens (including phenoxy) is 2. The molecule has 3 aromatic rings. The van der Waals surface area contributed by atoms with E-state index in [0.717, 1.165) is 5.56 Å². The number of carbonyl (C=O) groups excluding carboxylic acids is 4. The number of hydrogen-bond acceptors (Lipinski definition) is 7. The SMILES string of the molecule is C=CCCC(=O)NC[C@@H](OC(=O)[C@H]1[C@@H]2O[C@@]3(CC2Br)[C@@H]1C(=O)N([C@@H](CO)Cc1ccccc1)[C@@H]3C(=O)N(CC=C)c1ccc(Cl)cc1)c1ccccc1. The quantitative estimate of drug-likeness (QED) is 0.110. The summed E-state index contributed by atoms with van der Waals surface area (Å²) >= 11 is 9.93. The van der Waals surface area contributed by atoms with Gasteiger partial charge in [-0.05, 0) is 54.7 Å². The molecule has 3 heterocycles. The molecule has 2 bridgehead atoms. The molecular weight excluding hydrogens is 762 g/mol. The van der Waals surface area contributed by atoms with Crippen molar-refractivity contribution in [3.05, 3.63) is 126 Å². The fourth-order valence-corrected chi connectivity index (χ4v) is 9.08. The van der Waals surface area contributed by atoms with Gasteiger partial charge in [0.2, 0.25) is 11.8 Å². The highest BCUT2D eigenvalue weighted by Crippen LogP contribution is 2.61. The van der Waals surface area contributed by atoms with Crippen molar-refractivity contribution >= 4 is 56.9 Å². The van der Waals surface area contributed by atoms with Gasteiger partial charge in [-0.25, -0.2) is 0 Å². The van der Waals surface area contributed by atoms with Crippen LogP contribution >= 0.6 is 27.5 Å². The molecular formula is C41H43BrClN3O7. The van der Waals surface area contributed by atoms with E-state index >= 15 is 4.79 Å². The van der Waals surface area contributed by atoms with E-state index in [-0.39, 0.29) is 38.3 Å². The molecule has 3 aliphatic heterocycles. The molecule has 3 saturated heterocycles. The average Bonchev–Trinajstić information content (AvgIpc) is 3.77. The van der Waals surface area contributed by atoms with Gasteiger partial charge in [-0.2, -0.15) is 0 Å². The number of likely N-dealkylation sites (tertiary alicyclic amines) is 1. The minimum Gasteiger partial charge on any atom is -0.455 e. The third-order valence-electron chi connectivity index (χ3n) is 10.4. The van der Waals surface area contributed by atoms with Crippen LogP contribution < -0.4 is 10.2 Å². The van der Waals surface area contributed by atoms with Crippen molar-refractivity contribution in [2.45, 2.75) is 60.4 Å². The molecule has 2 N–H and O–H groups in total. The van der Waals surface area contributed by atoms with Crippen molar-refractivity contribution in [2.24, 2.45) is 11.8 Å². The van der Waals surface area contributed by atoms with Gasteiger partial charge >= 0.3 is 5.97 Å². The highest BCUT2D eigenvalue weighted by Gasteiger charge is 2.77. The van der Waals surface area contributed by atoms with Crippen LogP contribution in [0.1, 0.15) is 36.5 Å². The number of alkyl halides is 1. The number of aliphatic hydroxyl groups excluding tert-OH is 1. The third-order valence-corrected chi connectivity index (χ3v) is 11.5. The molecule has 10 nitrogen and oxygen atoms in total. The van der Waals surface area contributed by atoms with E-state index in [1.54, 1.807) is 48.6 Å². The Morgan fingerprint density at radius 3 is 2.38 bits per heavy atom. The molecule has 53 heavy (non-hydrogen) atoms. The molecule has 3 aromatic carbocycles. The summed E-state index contributed by atoms with van der Waals surface area (Å²) in [6, 6.07) is 23.2. The molecule has 3 fully saturated rings.